The number of rotatable bonds is 1. The van der Waals surface area contributed by atoms with Crippen molar-refractivity contribution < 1.29 is 9.90 Å². The van der Waals surface area contributed by atoms with Gasteiger partial charge in [-0.05, 0) is 59.8 Å². The molecule has 0 saturated carbocycles. The van der Waals surface area contributed by atoms with E-state index in [1.54, 1.807) is 0 Å². The number of fused-ring (bicyclic) bond motifs is 2. The number of aromatic carboxylic acids is 1. The van der Waals surface area contributed by atoms with Crippen molar-refractivity contribution in [2.45, 2.75) is 39.5 Å². The smallest absolute Gasteiger partial charge is 0.336 e. The summed E-state index contributed by atoms with van der Waals surface area (Å²) in [5.74, 6) is 0.479. The molecule has 2 atom stereocenters. The van der Waals surface area contributed by atoms with Gasteiger partial charge in [0.1, 0.15) is 0 Å². The predicted molar refractivity (Wildman–Crippen MR) is 66.5 cm³/mol. The largest absolute Gasteiger partial charge is 0.478 e. The molecule has 1 aromatic rings. The van der Waals surface area contributed by atoms with Crippen LogP contribution < -0.4 is 0 Å². The molecule has 0 heterocycles. The Labute approximate surface area is 102 Å². The van der Waals surface area contributed by atoms with Gasteiger partial charge in [0.2, 0.25) is 0 Å². The predicted octanol–water partition coefficient (Wildman–Crippen LogP) is 2.85. The Hall–Kier alpha value is -1.31. The van der Waals surface area contributed by atoms with E-state index in [9.17, 15) is 9.90 Å². The Morgan fingerprint density at radius 2 is 1.53 bits per heavy atom. The van der Waals surface area contributed by atoms with Gasteiger partial charge < -0.3 is 5.11 Å². The first kappa shape index (κ1) is 10.8. The number of hydrogen-bond donors (Lipinski definition) is 1. The van der Waals surface area contributed by atoms with Crippen molar-refractivity contribution in [3.8, 4) is 0 Å². The van der Waals surface area contributed by atoms with Gasteiger partial charge in [-0.1, -0.05) is 19.9 Å². The highest BCUT2D eigenvalue weighted by Gasteiger charge is 2.31. The van der Waals surface area contributed by atoms with E-state index in [1.165, 1.54) is 11.1 Å². The lowest BCUT2D eigenvalue weighted by molar-refractivity contribution is 0.0694. The molecule has 0 amide bonds. The van der Waals surface area contributed by atoms with E-state index in [0.717, 1.165) is 36.8 Å². The van der Waals surface area contributed by atoms with Crippen LogP contribution in [0.15, 0.2) is 6.07 Å². The standard InChI is InChI=1S/C15H18O2/c1-8-3-10-7-11-4-9(2)6-13(11)14(15(16)17)12(10)5-8/h7-9H,3-6H2,1-2H3,(H,16,17). The summed E-state index contributed by atoms with van der Waals surface area (Å²) in [5.41, 5.74) is 5.48. The molecule has 2 nitrogen and oxygen atoms in total. The van der Waals surface area contributed by atoms with Crippen molar-refractivity contribution in [3.05, 3.63) is 33.9 Å². The molecule has 90 valence electrons. The maximum atomic E-state index is 11.5. The third kappa shape index (κ3) is 1.58. The van der Waals surface area contributed by atoms with Crippen LogP contribution in [0.1, 0.15) is 46.5 Å². The van der Waals surface area contributed by atoms with Gasteiger partial charge >= 0.3 is 5.97 Å². The zero-order valence-electron chi connectivity index (χ0n) is 10.4. The molecule has 0 aromatic heterocycles. The summed E-state index contributed by atoms with van der Waals surface area (Å²) in [6, 6.07) is 2.28. The van der Waals surface area contributed by atoms with E-state index in [2.05, 4.69) is 19.9 Å². The summed E-state index contributed by atoms with van der Waals surface area (Å²) in [6.07, 6.45) is 3.99. The molecule has 0 fully saturated rings. The molecule has 17 heavy (non-hydrogen) atoms. The average molecular weight is 230 g/mol. The topological polar surface area (TPSA) is 37.3 Å². The fourth-order valence-electron chi connectivity index (χ4n) is 3.57. The van der Waals surface area contributed by atoms with Gasteiger partial charge in [0.25, 0.3) is 0 Å². The molecule has 0 saturated heterocycles. The number of carbonyl (C=O) groups is 1. The molecule has 1 aromatic carbocycles. The molecular formula is C15H18O2. The molecule has 0 spiro atoms. The van der Waals surface area contributed by atoms with Gasteiger partial charge in [-0.2, -0.15) is 0 Å². The Morgan fingerprint density at radius 1 is 1.06 bits per heavy atom. The minimum atomic E-state index is -0.721. The quantitative estimate of drug-likeness (QED) is 0.805. The SMILES string of the molecule is CC1Cc2cc3c(c(C(=O)O)c2C1)CC(C)C3. The van der Waals surface area contributed by atoms with E-state index in [-0.39, 0.29) is 0 Å². The molecule has 3 rings (SSSR count). The summed E-state index contributed by atoms with van der Waals surface area (Å²) in [6.45, 7) is 4.42. The second-order valence-electron chi connectivity index (χ2n) is 5.86. The van der Waals surface area contributed by atoms with Crippen molar-refractivity contribution in [3.63, 3.8) is 0 Å². The van der Waals surface area contributed by atoms with Crippen LogP contribution in [0.25, 0.3) is 0 Å². The van der Waals surface area contributed by atoms with Crippen molar-refractivity contribution in [2.75, 3.05) is 0 Å². The zero-order chi connectivity index (χ0) is 12.2. The Morgan fingerprint density at radius 3 is 1.94 bits per heavy atom. The van der Waals surface area contributed by atoms with Gasteiger partial charge in [0.05, 0.1) is 5.56 Å². The first-order chi connectivity index (χ1) is 8.06. The maximum absolute atomic E-state index is 11.5. The number of benzene rings is 1. The fraction of sp³-hybridized carbons (Fsp3) is 0.533. The van der Waals surface area contributed by atoms with Crippen molar-refractivity contribution in [1.82, 2.24) is 0 Å². The third-order valence-corrected chi connectivity index (χ3v) is 4.18. The van der Waals surface area contributed by atoms with E-state index in [1.807, 2.05) is 0 Å². The third-order valence-electron chi connectivity index (χ3n) is 4.18. The lowest BCUT2D eigenvalue weighted by Gasteiger charge is -2.10. The Bertz CT molecular complexity index is 466. The van der Waals surface area contributed by atoms with Crippen LogP contribution in [0.3, 0.4) is 0 Å². The lowest BCUT2D eigenvalue weighted by atomic mass is 9.94. The number of carboxylic acids is 1. The van der Waals surface area contributed by atoms with E-state index < -0.39 is 5.97 Å². The minimum Gasteiger partial charge on any atom is -0.478 e. The van der Waals surface area contributed by atoms with Gasteiger partial charge in [0, 0.05) is 0 Å². The molecular weight excluding hydrogens is 212 g/mol. The van der Waals surface area contributed by atoms with Crippen LogP contribution >= 0.6 is 0 Å². The first-order valence-corrected chi connectivity index (χ1v) is 6.46. The average Bonchev–Trinajstić information content (AvgIpc) is 2.73. The van der Waals surface area contributed by atoms with Crippen LogP contribution in [-0.2, 0) is 25.7 Å². The monoisotopic (exact) mass is 230 g/mol. The highest BCUT2D eigenvalue weighted by atomic mass is 16.4. The summed E-state index contributed by atoms with van der Waals surface area (Å²) in [4.78, 5) is 11.5. The summed E-state index contributed by atoms with van der Waals surface area (Å²) in [5, 5.41) is 9.49. The lowest BCUT2D eigenvalue weighted by Crippen LogP contribution is -2.08. The molecule has 0 radical (unpaired) electrons. The van der Waals surface area contributed by atoms with Gasteiger partial charge in [0.15, 0.2) is 0 Å². The Kier molecular flexibility index (Phi) is 2.29. The second kappa shape index (κ2) is 3.59. The summed E-state index contributed by atoms with van der Waals surface area (Å²) < 4.78 is 0. The van der Waals surface area contributed by atoms with Gasteiger partial charge in [-0.3, -0.25) is 0 Å². The van der Waals surface area contributed by atoms with Crippen molar-refractivity contribution >= 4 is 5.97 Å². The van der Waals surface area contributed by atoms with Gasteiger partial charge in [-0.15, -0.1) is 0 Å². The molecule has 0 bridgehead atoms. The van der Waals surface area contributed by atoms with E-state index in [4.69, 9.17) is 0 Å². The van der Waals surface area contributed by atoms with E-state index >= 15 is 0 Å². The molecule has 2 aliphatic rings. The van der Waals surface area contributed by atoms with Crippen LogP contribution in [0.4, 0.5) is 0 Å². The molecule has 1 N–H and O–H groups in total. The molecule has 2 heteroatoms. The second-order valence-corrected chi connectivity index (χ2v) is 5.86. The number of carboxylic acid groups (broad SMARTS) is 1. The van der Waals surface area contributed by atoms with Crippen LogP contribution in [0.5, 0.6) is 0 Å². The normalized spacial score (nSPS) is 25.8. The van der Waals surface area contributed by atoms with Crippen LogP contribution in [0.2, 0.25) is 0 Å². The highest BCUT2D eigenvalue weighted by molar-refractivity contribution is 5.92. The fourth-order valence-corrected chi connectivity index (χ4v) is 3.57. The Balaban J connectivity index is 2.21. The summed E-state index contributed by atoms with van der Waals surface area (Å²) in [7, 11) is 0. The van der Waals surface area contributed by atoms with Gasteiger partial charge in [-0.25, -0.2) is 4.79 Å². The van der Waals surface area contributed by atoms with Crippen molar-refractivity contribution in [2.24, 2.45) is 11.8 Å². The molecule has 2 unspecified atom stereocenters. The molecule has 0 aliphatic heterocycles. The van der Waals surface area contributed by atoms with Crippen LogP contribution in [0, 0.1) is 11.8 Å². The van der Waals surface area contributed by atoms with E-state index in [0.29, 0.717) is 17.4 Å². The van der Waals surface area contributed by atoms with Crippen LogP contribution in [-0.4, -0.2) is 11.1 Å². The first-order valence-electron chi connectivity index (χ1n) is 6.46. The molecule has 2 aliphatic carbocycles. The minimum absolute atomic E-state index is 0.600. The van der Waals surface area contributed by atoms with Crippen molar-refractivity contribution in [1.29, 1.82) is 0 Å². The number of hydrogen-bond acceptors (Lipinski definition) is 1. The zero-order valence-corrected chi connectivity index (χ0v) is 10.4. The highest BCUT2D eigenvalue weighted by Crippen LogP contribution is 2.38. The summed E-state index contributed by atoms with van der Waals surface area (Å²) >= 11 is 0. The maximum Gasteiger partial charge on any atom is 0.336 e.